The van der Waals surface area contributed by atoms with Crippen molar-refractivity contribution in [3.8, 4) is 5.69 Å². The summed E-state index contributed by atoms with van der Waals surface area (Å²) in [5.74, 6) is 2.37. The van der Waals surface area contributed by atoms with Gasteiger partial charge in [0.2, 0.25) is 0 Å². The van der Waals surface area contributed by atoms with Crippen LogP contribution in [0.4, 0.5) is 10.5 Å². The van der Waals surface area contributed by atoms with Gasteiger partial charge in [-0.2, -0.15) is 16.9 Å². The maximum atomic E-state index is 12.7. The fraction of sp³-hybridized carbons (Fsp3) is 0.348. The second-order valence-electron chi connectivity index (χ2n) is 7.64. The molecule has 0 saturated carbocycles. The van der Waals surface area contributed by atoms with E-state index in [4.69, 9.17) is 0 Å². The van der Waals surface area contributed by atoms with Gasteiger partial charge in [0.15, 0.2) is 0 Å². The number of carbonyl (C=O) groups excluding carboxylic acids is 1. The second kappa shape index (κ2) is 9.87. The Balaban J connectivity index is 1.30. The first-order chi connectivity index (χ1) is 15.1. The van der Waals surface area contributed by atoms with Gasteiger partial charge in [0.25, 0.3) is 0 Å². The lowest BCUT2D eigenvalue weighted by Crippen LogP contribution is -2.38. The SMILES string of the molecule is CC(c1ccc(-n2cncn2)cc1)N(C)C(=O)NCc1ccc(N2CCSCC2)cc1. The lowest BCUT2D eigenvalue weighted by molar-refractivity contribution is 0.194. The summed E-state index contributed by atoms with van der Waals surface area (Å²) in [7, 11) is 1.82. The topological polar surface area (TPSA) is 66.3 Å². The molecule has 1 aromatic heterocycles. The smallest absolute Gasteiger partial charge is 0.317 e. The highest BCUT2D eigenvalue weighted by molar-refractivity contribution is 7.99. The summed E-state index contributed by atoms with van der Waals surface area (Å²) in [6, 6.07) is 16.4. The van der Waals surface area contributed by atoms with Crippen molar-refractivity contribution in [3.63, 3.8) is 0 Å². The number of aromatic nitrogens is 3. The first-order valence-electron chi connectivity index (χ1n) is 10.5. The van der Waals surface area contributed by atoms with Gasteiger partial charge in [0.1, 0.15) is 12.7 Å². The number of thioether (sulfide) groups is 1. The lowest BCUT2D eigenvalue weighted by Gasteiger charge is -2.28. The van der Waals surface area contributed by atoms with Crippen molar-refractivity contribution >= 4 is 23.5 Å². The van der Waals surface area contributed by atoms with E-state index in [0.29, 0.717) is 6.54 Å². The zero-order chi connectivity index (χ0) is 21.6. The van der Waals surface area contributed by atoms with Crippen LogP contribution in [0.25, 0.3) is 5.69 Å². The summed E-state index contributed by atoms with van der Waals surface area (Å²) in [4.78, 5) is 20.8. The molecule has 0 aliphatic carbocycles. The van der Waals surface area contributed by atoms with Gasteiger partial charge in [0, 0.05) is 43.9 Å². The van der Waals surface area contributed by atoms with Crippen LogP contribution in [0.1, 0.15) is 24.1 Å². The molecule has 4 rings (SSSR count). The molecule has 1 unspecified atom stereocenters. The van der Waals surface area contributed by atoms with Gasteiger partial charge in [-0.3, -0.25) is 0 Å². The van der Waals surface area contributed by atoms with Gasteiger partial charge in [-0.15, -0.1) is 0 Å². The average Bonchev–Trinajstić information content (AvgIpc) is 3.38. The molecular weight excluding hydrogens is 408 g/mol. The summed E-state index contributed by atoms with van der Waals surface area (Å²) in [5, 5.41) is 7.17. The largest absolute Gasteiger partial charge is 0.370 e. The molecule has 1 N–H and O–H groups in total. The minimum absolute atomic E-state index is 0.0517. The lowest BCUT2D eigenvalue weighted by atomic mass is 10.1. The summed E-state index contributed by atoms with van der Waals surface area (Å²) in [5.41, 5.74) is 4.36. The van der Waals surface area contributed by atoms with Crippen molar-refractivity contribution < 1.29 is 4.79 Å². The van der Waals surface area contributed by atoms with E-state index in [-0.39, 0.29) is 12.1 Å². The molecule has 1 aliphatic rings. The molecule has 2 amide bonds. The van der Waals surface area contributed by atoms with E-state index in [1.807, 2.05) is 50.0 Å². The molecule has 1 atom stereocenters. The Morgan fingerprint density at radius 2 is 1.77 bits per heavy atom. The number of hydrogen-bond acceptors (Lipinski definition) is 5. The number of nitrogens with zero attached hydrogens (tertiary/aromatic N) is 5. The van der Waals surface area contributed by atoms with E-state index in [9.17, 15) is 4.79 Å². The van der Waals surface area contributed by atoms with Crippen molar-refractivity contribution in [1.82, 2.24) is 25.0 Å². The number of hydrogen-bond donors (Lipinski definition) is 1. The van der Waals surface area contributed by atoms with Crippen molar-refractivity contribution in [3.05, 3.63) is 72.3 Å². The minimum Gasteiger partial charge on any atom is -0.370 e. The van der Waals surface area contributed by atoms with Gasteiger partial charge in [-0.05, 0) is 42.3 Å². The Bertz CT molecular complexity index is 968. The molecule has 2 aromatic carbocycles. The van der Waals surface area contributed by atoms with Crippen LogP contribution in [0.15, 0.2) is 61.2 Å². The highest BCUT2D eigenvalue weighted by atomic mass is 32.2. The maximum absolute atomic E-state index is 12.7. The number of urea groups is 1. The molecule has 31 heavy (non-hydrogen) atoms. The fourth-order valence-electron chi connectivity index (χ4n) is 3.60. The van der Waals surface area contributed by atoms with Crippen LogP contribution in [-0.4, -0.2) is 57.3 Å². The predicted octanol–water partition coefficient (Wildman–Crippen LogP) is 3.72. The monoisotopic (exact) mass is 436 g/mol. The van der Waals surface area contributed by atoms with E-state index in [0.717, 1.165) is 29.9 Å². The molecule has 162 valence electrons. The standard InChI is InChI=1S/C23H28N6OS/c1-18(20-5-9-22(10-6-20)29-17-24-16-26-29)27(2)23(30)25-15-19-3-7-21(8-4-19)28-11-13-31-14-12-28/h3-10,16-18H,11-15H2,1-2H3,(H,25,30). The van der Waals surface area contributed by atoms with Crippen LogP contribution in [0, 0.1) is 0 Å². The van der Waals surface area contributed by atoms with Crippen molar-refractivity contribution in [1.29, 1.82) is 0 Å². The van der Waals surface area contributed by atoms with Crippen LogP contribution in [0.3, 0.4) is 0 Å². The number of rotatable bonds is 6. The molecule has 0 bridgehead atoms. The van der Waals surface area contributed by atoms with E-state index >= 15 is 0 Å². The third-order valence-electron chi connectivity index (χ3n) is 5.72. The molecule has 3 aromatic rings. The van der Waals surface area contributed by atoms with Crippen LogP contribution in [0.2, 0.25) is 0 Å². The third kappa shape index (κ3) is 5.19. The highest BCUT2D eigenvalue weighted by Crippen LogP contribution is 2.21. The average molecular weight is 437 g/mol. The van der Waals surface area contributed by atoms with E-state index in [1.54, 1.807) is 15.9 Å². The molecule has 8 heteroatoms. The minimum atomic E-state index is -0.0926. The summed E-state index contributed by atoms with van der Waals surface area (Å²) in [6.07, 6.45) is 3.17. The Labute approximate surface area is 187 Å². The maximum Gasteiger partial charge on any atom is 0.317 e. The Morgan fingerprint density at radius 1 is 1.10 bits per heavy atom. The molecule has 2 heterocycles. The van der Waals surface area contributed by atoms with Crippen LogP contribution >= 0.6 is 11.8 Å². The zero-order valence-corrected chi connectivity index (χ0v) is 18.8. The first-order valence-corrected chi connectivity index (χ1v) is 11.6. The van der Waals surface area contributed by atoms with Crippen molar-refractivity contribution in [2.75, 3.05) is 36.5 Å². The van der Waals surface area contributed by atoms with Gasteiger partial charge < -0.3 is 15.1 Å². The van der Waals surface area contributed by atoms with E-state index in [1.165, 1.54) is 23.5 Å². The Hall–Kier alpha value is -3.00. The molecule has 1 saturated heterocycles. The quantitative estimate of drug-likeness (QED) is 0.638. The normalized spacial score (nSPS) is 14.8. The second-order valence-corrected chi connectivity index (χ2v) is 8.87. The summed E-state index contributed by atoms with van der Waals surface area (Å²) >= 11 is 2.01. The van der Waals surface area contributed by atoms with Crippen molar-refractivity contribution in [2.45, 2.75) is 19.5 Å². The van der Waals surface area contributed by atoms with Gasteiger partial charge >= 0.3 is 6.03 Å². The molecule has 1 aliphatic heterocycles. The molecule has 0 spiro atoms. The Morgan fingerprint density at radius 3 is 2.42 bits per heavy atom. The number of nitrogens with one attached hydrogen (secondary N) is 1. The fourth-order valence-corrected chi connectivity index (χ4v) is 4.50. The highest BCUT2D eigenvalue weighted by Gasteiger charge is 2.17. The summed E-state index contributed by atoms with van der Waals surface area (Å²) in [6.45, 7) is 4.74. The molecule has 1 fully saturated rings. The van der Waals surface area contributed by atoms with E-state index in [2.05, 4.69) is 44.6 Å². The number of carbonyl (C=O) groups is 1. The first kappa shape index (κ1) is 21.2. The van der Waals surface area contributed by atoms with Crippen molar-refractivity contribution in [2.24, 2.45) is 0 Å². The predicted molar refractivity (Wildman–Crippen MR) is 126 cm³/mol. The molecule has 7 nitrogen and oxygen atoms in total. The zero-order valence-electron chi connectivity index (χ0n) is 17.9. The number of anilines is 1. The van der Waals surface area contributed by atoms with Gasteiger partial charge in [-0.25, -0.2) is 14.5 Å². The van der Waals surface area contributed by atoms with Crippen LogP contribution in [-0.2, 0) is 6.54 Å². The Kier molecular flexibility index (Phi) is 6.76. The van der Waals surface area contributed by atoms with Gasteiger partial charge in [0.05, 0.1) is 11.7 Å². The summed E-state index contributed by atoms with van der Waals surface area (Å²) < 4.78 is 1.71. The molecular formula is C23H28N6OS. The number of benzene rings is 2. The molecule has 0 radical (unpaired) electrons. The van der Waals surface area contributed by atoms with E-state index < -0.39 is 0 Å². The van der Waals surface area contributed by atoms with Crippen LogP contribution < -0.4 is 10.2 Å². The third-order valence-corrected chi connectivity index (χ3v) is 6.66. The van der Waals surface area contributed by atoms with Crippen LogP contribution in [0.5, 0.6) is 0 Å². The number of amides is 2. The van der Waals surface area contributed by atoms with Gasteiger partial charge in [-0.1, -0.05) is 24.3 Å².